The normalized spacial score (nSPS) is 11.4. The van der Waals surface area contributed by atoms with Crippen LogP contribution in [0.15, 0.2) is 126 Å². The summed E-state index contributed by atoms with van der Waals surface area (Å²) in [5.74, 6) is 2.98. The van der Waals surface area contributed by atoms with Gasteiger partial charge in [0.05, 0.1) is 19.8 Å². The van der Waals surface area contributed by atoms with Gasteiger partial charge in [-0.15, -0.1) is 0 Å². The minimum Gasteiger partial charge on any atom is -0.494 e. The van der Waals surface area contributed by atoms with E-state index in [0.717, 1.165) is 74.9 Å². The monoisotopic (exact) mass is 970 g/mol. The Balaban J connectivity index is -0.000000354. The average molecular weight is 970 g/mol. The number of fused-ring (bicyclic) bond motifs is 1. The van der Waals surface area contributed by atoms with Crippen molar-refractivity contribution >= 4 is 12.2 Å². The van der Waals surface area contributed by atoms with Gasteiger partial charge in [0.15, 0.2) is 11.5 Å². The molecule has 1 fully saturated rings. The van der Waals surface area contributed by atoms with Crippen molar-refractivity contribution in [3.05, 3.63) is 160 Å². The maximum absolute atomic E-state index is 10.5. The van der Waals surface area contributed by atoms with Crippen LogP contribution in [0.2, 0.25) is 0 Å². The summed E-state index contributed by atoms with van der Waals surface area (Å²) in [6, 6.07) is 31.8. The van der Waals surface area contributed by atoms with Crippen LogP contribution in [0.4, 0.5) is 0 Å². The summed E-state index contributed by atoms with van der Waals surface area (Å²) in [6.45, 7) is 41.0. The van der Waals surface area contributed by atoms with Crippen molar-refractivity contribution in [2.24, 2.45) is 4.99 Å². The van der Waals surface area contributed by atoms with E-state index < -0.39 is 0 Å². The Hall–Kier alpha value is -5.81. The molecule has 10 nitrogen and oxygen atoms in total. The third-order valence-corrected chi connectivity index (χ3v) is 8.66. The number of aliphatic imine (C=N–C) groups is 1. The highest BCUT2D eigenvalue weighted by Gasteiger charge is 2.11. The molecule has 0 unspecified atom stereocenters. The summed E-state index contributed by atoms with van der Waals surface area (Å²) in [6.07, 6.45) is 8.65. The predicted octanol–water partition coefficient (Wildman–Crippen LogP) is 15.1. The number of aliphatic hydroxyl groups is 1. The van der Waals surface area contributed by atoms with Gasteiger partial charge in [-0.3, -0.25) is 14.8 Å². The molecule has 0 atom stereocenters. The lowest BCUT2D eigenvalue weighted by Gasteiger charge is -2.21. The minimum atomic E-state index is -0.283. The fourth-order valence-corrected chi connectivity index (χ4v) is 5.04. The van der Waals surface area contributed by atoms with Gasteiger partial charge in [0.25, 0.3) is 0 Å². The molecule has 70 heavy (non-hydrogen) atoms. The van der Waals surface area contributed by atoms with Crippen molar-refractivity contribution < 1.29 is 33.6 Å². The summed E-state index contributed by atoms with van der Waals surface area (Å²) in [7, 11) is 3.11. The van der Waals surface area contributed by atoms with E-state index in [-0.39, 0.29) is 5.97 Å². The van der Waals surface area contributed by atoms with Gasteiger partial charge in [0.1, 0.15) is 11.5 Å². The first kappa shape index (κ1) is 70.7. The van der Waals surface area contributed by atoms with Crippen molar-refractivity contribution in [2.75, 3.05) is 53.9 Å². The third-order valence-electron chi connectivity index (χ3n) is 8.66. The molecule has 3 aliphatic heterocycles. The first-order valence-electron chi connectivity index (χ1n) is 24.9. The third kappa shape index (κ3) is 40.1. The van der Waals surface area contributed by atoms with Gasteiger partial charge >= 0.3 is 5.97 Å². The van der Waals surface area contributed by atoms with E-state index in [1.54, 1.807) is 18.3 Å². The van der Waals surface area contributed by atoms with Crippen molar-refractivity contribution in [1.82, 2.24) is 9.88 Å². The van der Waals surface area contributed by atoms with Crippen molar-refractivity contribution in [3.63, 3.8) is 0 Å². The van der Waals surface area contributed by atoms with Gasteiger partial charge < -0.3 is 33.7 Å². The van der Waals surface area contributed by atoms with E-state index >= 15 is 0 Å². The molecule has 1 saturated heterocycles. The molecule has 4 heterocycles. The van der Waals surface area contributed by atoms with E-state index in [0.29, 0.717) is 12.5 Å². The number of rotatable bonds is 3. The number of likely N-dealkylation sites (N-methyl/N-ethyl adjacent to an activating group) is 1. The zero-order valence-electron chi connectivity index (χ0n) is 47.2. The number of aromatic nitrogens is 1. The number of pyridine rings is 1. The van der Waals surface area contributed by atoms with Gasteiger partial charge in [-0.05, 0) is 134 Å². The van der Waals surface area contributed by atoms with Crippen molar-refractivity contribution in [1.29, 1.82) is 0 Å². The summed E-state index contributed by atoms with van der Waals surface area (Å²) >= 11 is 0. The SMILES string of the molecule is CC.CC.CC.CC.CC(=O)Oc1ccc(C)cc1.CC1=CCC=N1.CCOc1ccc(C)cc1.CN1CCOCC1.CO.Cc1ccc(C)c(C)c1.Cc1ccc2c(c1)OCO2.Cc1cccnc1. The van der Waals surface area contributed by atoms with Crippen LogP contribution in [0.1, 0.15) is 122 Å². The number of aryl methyl sites for hydroxylation is 7. The Bertz CT molecular complexity index is 1990. The number of hydrogen-bond acceptors (Lipinski definition) is 10. The molecule has 10 heteroatoms. The highest BCUT2D eigenvalue weighted by Crippen LogP contribution is 2.32. The molecule has 1 aromatic heterocycles. The predicted molar refractivity (Wildman–Crippen MR) is 300 cm³/mol. The van der Waals surface area contributed by atoms with E-state index in [1.165, 1.54) is 40.3 Å². The molecule has 1 N–H and O–H groups in total. The van der Waals surface area contributed by atoms with Gasteiger partial charge in [0.2, 0.25) is 6.79 Å². The molecule has 0 spiro atoms. The van der Waals surface area contributed by atoms with Crippen molar-refractivity contribution in [3.8, 4) is 23.0 Å². The lowest BCUT2D eigenvalue weighted by molar-refractivity contribution is -0.131. The van der Waals surface area contributed by atoms with Crippen LogP contribution in [-0.2, 0) is 9.53 Å². The maximum Gasteiger partial charge on any atom is 0.308 e. The average Bonchev–Trinajstić information content (AvgIpc) is 4.08. The molecule has 3 aliphatic rings. The van der Waals surface area contributed by atoms with Crippen LogP contribution >= 0.6 is 0 Å². The summed E-state index contributed by atoms with van der Waals surface area (Å²) in [4.78, 5) is 20.6. The fraction of sp³-hybridized carbons (Fsp3) is 0.450. The van der Waals surface area contributed by atoms with Crippen LogP contribution < -0.4 is 18.9 Å². The number of allylic oxidation sites excluding steroid dienone is 2. The van der Waals surface area contributed by atoms with E-state index in [9.17, 15) is 4.79 Å². The zero-order chi connectivity index (χ0) is 54.1. The number of carbonyl (C=O) groups excluding carboxylic acids is 1. The van der Waals surface area contributed by atoms with Crippen LogP contribution in [0.25, 0.3) is 0 Å². The smallest absolute Gasteiger partial charge is 0.308 e. The number of aliphatic hydroxyl groups excluding tert-OH is 1. The molecule has 4 aromatic carbocycles. The number of benzene rings is 4. The second-order valence-corrected chi connectivity index (χ2v) is 14.4. The molecule has 8 rings (SSSR count). The molecular weight excluding hydrogens is 875 g/mol. The Morgan fingerprint density at radius 3 is 1.50 bits per heavy atom. The molecule has 0 amide bonds. The van der Waals surface area contributed by atoms with E-state index in [4.69, 9.17) is 28.8 Å². The topological polar surface area (TPSA) is 112 Å². The first-order chi connectivity index (χ1) is 33.7. The number of esters is 1. The van der Waals surface area contributed by atoms with Gasteiger partial charge in [-0.2, -0.15) is 0 Å². The number of morpholine rings is 1. The summed E-state index contributed by atoms with van der Waals surface area (Å²) < 4.78 is 25.5. The number of carbonyl (C=O) groups is 1. The highest BCUT2D eigenvalue weighted by atomic mass is 16.7. The highest BCUT2D eigenvalue weighted by molar-refractivity contribution is 5.69. The molecular formula is C60H95N3O7. The summed E-state index contributed by atoms with van der Waals surface area (Å²) in [5, 5.41) is 7.00. The van der Waals surface area contributed by atoms with Crippen LogP contribution in [0.3, 0.4) is 0 Å². The largest absolute Gasteiger partial charge is 0.494 e. The van der Waals surface area contributed by atoms with Crippen LogP contribution in [0.5, 0.6) is 23.0 Å². The molecule has 5 aromatic rings. The lowest BCUT2D eigenvalue weighted by Crippen LogP contribution is -2.32. The second kappa shape index (κ2) is 49.6. The van der Waals surface area contributed by atoms with E-state index in [2.05, 4.69) is 73.9 Å². The minimum absolute atomic E-state index is 0.283. The Morgan fingerprint density at radius 2 is 1.13 bits per heavy atom. The first-order valence-corrected chi connectivity index (χ1v) is 24.9. The molecule has 0 bridgehead atoms. The number of nitrogens with zero attached hydrogens (tertiary/aromatic N) is 3. The fourth-order valence-electron chi connectivity index (χ4n) is 5.04. The zero-order valence-corrected chi connectivity index (χ0v) is 47.2. The van der Waals surface area contributed by atoms with E-state index in [1.807, 2.05) is 169 Å². The molecule has 0 saturated carbocycles. The molecule has 392 valence electrons. The number of hydrogen-bond donors (Lipinski definition) is 1. The Labute approximate surface area is 427 Å². The molecule has 0 aliphatic carbocycles. The number of ether oxygens (including phenoxy) is 5. The van der Waals surface area contributed by atoms with Gasteiger partial charge in [0, 0.05) is 57.8 Å². The lowest BCUT2D eigenvalue weighted by atomic mass is 10.1. The Kier molecular flexibility index (Phi) is 50.1. The van der Waals surface area contributed by atoms with Gasteiger partial charge in [-0.25, -0.2) is 0 Å². The second-order valence-electron chi connectivity index (χ2n) is 14.4. The quantitative estimate of drug-likeness (QED) is 0.139. The maximum atomic E-state index is 10.5. The Morgan fingerprint density at radius 1 is 0.629 bits per heavy atom. The summed E-state index contributed by atoms with van der Waals surface area (Å²) in [5.41, 5.74) is 10.1. The van der Waals surface area contributed by atoms with Gasteiger partial charge in [-0.1, -0.05) is 133 Å². The standard InChI is InChI=1S/C9H10O2.C9H12O.C9H12.C8H8O2.C6H7N.C5H11NO.C5H7N.4C2H6.CH4O/c1-7-3-5-9(6-4-7)11-8(2)10;1-3-10-9-6-4-8(2)5-7-9;1-7-4-5-8(2)9(3)6-7;1-6-2-3-7-8(4-6)10-5-9-7;1-6-3-2-4-7-5-6;1-6-2-4-7-5-3-6;1-5-3-2-4-6-5;5*1-2/h3-6H,1-2H3;4-7H,3H2,1-2H3;4-6H,1-3H3;2-4H,5H2,1H3;2-5H,1H3;2-5H2,1H3;3-4H,2H2,1H3;4*1-2H3;2H,1H3. The van der Waals surface area contributed by atoms with Crippen LogP contribution in [-0.4, -0.2) is 81.0 Å². The van der Waals surface area contributed by atoms with Crippen LogP contribution in [0, 0.1) is 48.5 Å². The molecule has 0 radical (unpaired) electrons. The van der Waals surface area contributed by atoms with Crippen molar-refractivity contribution in [2.45, 2.75) is 131 Å².